The fourth-order valence-corrected chi connectivity index (χ4v) is 3.93. The molecule has 7 nitrogen and oxygen atoms in total. The van der Waals surface area contributed by atoms with E-state index in [-0.39, 0.29) is 11.6 Å². The minimum absolute atomic E-state index is 0.00963. The molecule has 0 N–H and O–H groups in total. The molecule has 144 valence electrons. The third kappa shape index (κ3) is 4.17. The maximum absolute atomic E-state index is 12.4. The second kappa shape index (κ2) is 8.24. The molecule has 0 saturated carbocycles. The molecule has 0 spiro atoms. The quantitative estimate of drug-likeness (QED) is 0.362. The summed E-state index contributed by atoms with van der Waals surface area (Å²) < 4.78 is 0. The van der Waals surface area contributed by atoms with Crippen molar-refractivity contribution in [3.05, 3.63) is 88.0 Å². The van der Waals surface area contributed by atoms with Gasteiger partial charge in [0.15, 0.2) is 5.17 Å². The van der Waals surface area contributed by atoms with Gasteiger partial charge in [-0.05, 0) is 16.3 Å². The molecule has 1 aliphatic heterocycles. The Labute approximate surface area is 170 Å². The summed E-state index contributed by atoms with van der Waals surface area (Å²) in [4.78, 5) is 24.4. The zero-order valence-electron chi connectivity index (χ0n) is 15.3. The Balaban J connectivity index is 1.56. The van der Waals surface area contributed by atoms with Gasteiger partial charge in [-0.25, -0.2) is 0 Å². The average molecular weight is 404 g/mol. The highest BCUT2D eigenvalue weighted by molar-refractivity contribution is 8.15. The van der Waals surface area contributed by atoms with E-state index in [9.17, 15) is 14.9 Å². The fourth-order valence-electron chi connectivity index (χ4n) is 3.09. The van der Waals surface area contributed by atoms with E-state index in [2.05, 4.69) is 10.2 Å². The van der Waals surface area contributed by atoms with Gasteiger partial charge in [-0.1, -0.05) is 66.4 Å². The molecule has 0 unspecified atom stereocenters. The van der Waals surface area contributed by atoms with Crippen molar-refractivity contribution in [1.29, 1.82) is 0 Å². The Morgan fingerprint density at radius 2 is 1.90 bits per heavy atom. The van der Waals surface area contributed by atoms with E-state index in [4.69, 9.17) is 0 Å². The van der Waals surface area contributed by atoms with Gasteiger partial charge in [-0.15, -0.1) is 5.10 Å². The maximum atomic E-state index is 12.4. The summed E-state index contributed by atoms with van der Waals surface area (Å²) in [7, 11) is 0. The van der Waals surface area contributed by atoms with Crippen LogP contribution in [0.5, 0.6) is 0 Å². The molecule has 29 heavy (non-hydrogen) atoms. The van der Waals surface area contributed by atoms with Crippen molar-refractivity contribution < 1.29 is 9.72 Å². The van der Waals surface area contributed by atoms with E-state index in [0.717, 1.165) is 16.3 Å². The van der Waals surface area contributed by atoms with Crippen molar-refractivity contribution in [3.63, 3.8) is 0 Å². The number of nitro benzene ring substituents is 1. The number of rotatable bonds is 5. The van der Waals surface area contributed by atoms with E-state index in [1.807, 2.05) is 42.5 Å². The molecule has 1 fully saturated rings. The van der Waals surface area contributed by atoms with Crippen LogP contribution in [0.25, 0.3) is 10.8 Å². The first-order valence-electron chi connectivity index (χ1n) is 8.87. The summed E-state index contributed by atoms with van der Waals surface area (Å²) in [5.41, 5.74) is 1.59. The van der Waals surface area contributed by atoms with Gasteiger partial charge in [0.25, 0.3) is 5.69 Å². The van der Waals surface area contributed by atoms with E-state index in [1.54, 1.807) is 17.0 Å². The van der Waals surface area contributed by atoms with Crippen LogP contribution in [0, 0.1) is 10.1 Å². The first kappa shape index (κ1) is 18.8. The molecule has 4 rings (SSSR count). The summed E-state index contributed by atoms with van der Waals surface area (Å²) >= 11 is 1.33. The second-order valence-electron chi connectivity index (χ2n) is 6.39. The van der Waals surface area contributed by atoms with Crippen LogP contribution in [0.1, 0.15) is 11.1 Å². The van der Waals surface area contributed by atoms with Crippen molar-refractivity contribution >= 4 is 45.5 Å². The molecule has 0 atom stereocenters. The minimum atomic E-state index is -0.458. The van der Waals surface area contributed by atoms with Crippen LogP contribution in [-0.4, -0.2) is 32.9 Å². The minimum Gasteiger partial charge on any atom is -0.285 e. The van der Waals surface area contributed by atoms with Gasteiger partial charge >= 0.3 is 0 Å². The first-order valence-corrected chi connectivity index (χ1v) is 9.86. The number of carbonyl (C=O) groups is 1. The molecule has 0 aromatic heterocycles. The molecular weight excluding hydrogens is 388 g/mol. The number of carbonyl (C=O) groups excluding carboxylic acids is 1. The van der Waals surface area contributed by atoms with Crippen LogP contribution in [0.4, 0.5) is 5.69 Å². The van der Waals surface area contributed by atoms with Gasteiger partial charge in [0.1, 0.15) is 0 Å². The molecule has 0 aliphatic carbocycles. The Hall–Kier alpha value is -3.52. The first-order chi connectivity index (χ1) is 14.1. The molecule has 3 aromatic rings. The van der Waals surface area contributed by atoms with E-state index >= 15 is 0 Å². The summed E-state index contributed by atoms with van der Waals surface area (Å²) in [6.07, 6.45) is 1.44. The lowest BCUT2D eigenvalue weighted by Gasteiger charge is -2.16. The number of nitro groups is 1. The van der Waals surface area contributed by atoms with Crippen LogP contribution in [-0.2, 0) is 11.3 Å². The third-order valence-corrected chi connectivity index (χ3v) is 5.45. The molecule has 0 bridgehead atoms. The lowest BCUT2D eigenvalue weighted by atomic mass is 10.0. The third-order valence-electron chi connectivity index (χ3n) is 4.50. The number of amides is 1. The van der Waals surface area contributed by atoms with Crippen LogP contribution in [0.15, 0.2) is 76.9 Å². The number of hydrogen-bond donors (Lipinski definition) is 0. The highest BCUT2D eigenvalue weighted by atomic mass is 32.2. The number of fused-ring (bicyclic) bond motifs is 1. The van der Waals surface area contributed by atoms with Crippen molar-refractivity contribution in [1.82, 2.24) is 4.90 Å². The van der Waals surface area contributed by atoms with Gasteiger partial charge in [0.2, 0.25) is 5.91 Å². The Kier molecular flexibility index (Phi) is 5.35. The number of benzene rings is 3. The molecule has 0 radical (unpaired) electrons. The monoisotopic (exact) mass is 404 g/mol. The van der Waals surface area contributed by atoms with E-state index in [1.165, 1.54) is 30.1 Å². The SMILES string of the molecule is O=C1CS/C(=N\N=C/c2cccc([N+](=O)[O-])c2)N1Cc1cccc2ccccc12. The van der Waals surface area contributed by atoms with Gasteiger partial charge in [0, 0.05) is 17.7 Å². The number of thioether (sulfide) groups is 1. The van der Waals surface area contributed by atoms with Crippen LogP contribution in [0.3, 0.4) is 0 Å². The largest absolute Gasteiger partial charge is 0.285 e. The van der Waals surface area contributed by atoms with Gasteiger partial charge in [-0.2, -0.15) is 5.10 Å². The summed E-state index contributed by atoms with van der Waals surface area (Å²) in [5, 5.41) is 21.8. The number of amidine groups is 1. The predicted molar refractivity (Wildman–Crippen MR) is 115 cm³/mol. The number of non-ortho nitro benzene ring substituents is 1. The molecule has 8 heteroatoms. The van der Waals surface area contributed by atoms with Gasteiger partial charge < -0.3 is 0 Å². The highest BCUT2D eigenvalue weighted by Gasteiger charge is 2.28. The molecular formula is C21H16N4O3S. The molecule has 3 aromatic carbocycles. The molecule has 1 saturated heterocycles. The zero-order chi connectivity index (χ0) is 20.2. The van der Waals surface area contributed by atoms with Crippen LogP contribution >= 0.6 is 11.8 Å². The van der Waals surface area contributed by atoms with Crippen molar-refractivity contribution in [2.45, 2.75) is 6.54 Å². The van der Waals surface area contributed by atoms with Crippen molar-refractivity contribution in [2.75, 3.05) is 5.75 Å². The van der Waals surface area contributed by atoms with Crippen molar-refractivity contribution in [3.8, 4) is 0 Å². The fraction of sp³-hybridized carbons (Fsp3) is 0.0952. The number of hydrogen-bond acceptors (Lipinski definition) is 6. The lowest BCUT2D eigenvalue weighted by molar-refractivity contribution is -0.384. The van der Waals surface area contributed by atoms with Gasteiger partial charge in [0.05, 0.1) is 23.4 Å². The normalized spacial score (nSPS) is 15.7. The number of nitrogens with zero attached hydrogens (tertiary/aromatic N) is 4. The smallest absolute Gasteiger partial charge is 0.270 e. The molecule has 1 aliphatic rings. The Morgan fingerprint density at radius 1 is 1.10 bits per heavy atom. The van der Waals surface area contributed by atoms with E-state index < -0.39 is 4.92 Å². The zero-order valence-corrected chi connectivity index (χ0v) is 16.1. The summed E-state index contributed by atoms with van der Waals surface area (Å²) in [5.74, 6) is 0.294. The van der Waals surface area contributed by atoms with Crippen LogP contribution in [0.2, 0.25) is 0 Å². The maximum Gasteiger partial charge on any atom is 0.270 e. The summed E-state index contributed by atoms with van der Waals surface area (Å²) in [6.45, 7) is 0.415. The average Bonchev–Trinajstić information content (AvgIpc) is 3.08. The van der Waals surface area contributed by atoms with Gasteiger partial charge in [-0.3, -0.25) is 19.8 Å². The Morgan fingerprint density at radius 3 is 2.76 bits per heavy atom. The lowest BCUT2D eigenvalue weighted by Crippen LogP contribution is -2.28. The topological polar surface area (TPSA) is 88.2 Å². The van der Waals surface area contributed by atoms with Crippen molar-refractivity contribution in [2.24, 2.45) is 10.2 Å². The molecule has 1 amide bonds. The Bertz CT molecular complexity index is 1150. The van der Waals surface area contributed by atoms with E-state index in [0.29, 0.717) is 23.0 Å². The van der Waals surface area contributed by atoms with Crippen LogP contribution < -0.4 is 0 Å². The predicted octanol–water partition coefficient (Wildman–Crippen LogP) is 4.21. The highest BCUT2D eigenvalue weighted by Crippen LogP contribution is 2.25. The summed E-state index contributed by atoms with van der Waals surface area (Å²) in [6, 6.07) is 20.2. The molecule has 1 heterocycles. The standard InChI is InChI=1S/C21H16N4O3S/c26-20-14-29-21(23-22-12-15-5-3-9-18(11-15)25(27)28)24(20)13-17-8-4-7-16-6-1-2-10-19(16)17/h1-12H,13-14H2/b22-12-,23-21-. The second-order valence-corrected chi connectivity index (χ2v) is 7.33.